The summed E-state index contributed by atoms with van der Waals surface area (Å²) < 4.78 is 20.2. The summed E-state index contributed by atoms with van der Waals surface area (Å²) in [5.41, 5.74) is 3.79. The molecule has 0 saturated heterocycles. The summed E-state index contributed by atoms with van der Waals surface area (Å²) in [6, 6.07) is 4.89. The minimum Gasteiger partial charge on any atom is -0.473 e. The van der Waals surface area contributed by atoms with Crippen molar-refractivity contribution in [1.82, 2.24) is 19.6 Å². The van der Waals surface area contributed by atoms with E-state index in [0.29, 0.717) is 29.2 Å². The Morgan fingerprint density at radius 1 is 1.21 bits per heavy atom. The Bertz CT molecular complexity index is 1150. The van der Waals surface area contributed by atoms with Crippen LogP contribution < -0.4 is 10.1 Å². The van der Waals surface area contributed by atoms with Crippen molar-refractivity contribution in [1.29, 1.82) is 5.26 Å². The monoisotopic (exact) mass is 468 g/mol. The zero-order valence-corrected chi connectivity index (χ0v) is 20.7. The van der Waals surface area contributed by atoms with Crippen molar-refractivity contribution in [3.63, 3.8) is 0 Å². The fourth-order valence-corrected chi connectivity index (χ4v) is 3.53. The van der Waals surface area contributed by atoms with Gasteiger partial charge in [0, 0.05) is 17.7 Å². The average molecular weight is 469 g/mol. The summed E-state index contributed by atoms with van der Waals surface area (Å²) in [4.78, 5) is 18.4. The molecule has 0 spiro atoms. The van der Waals surface area contributed by atoms with Gasteiger partial charge >= 0.3 is 0 Å². The maximum atomic E-state index is 13.1. The predicted octanol–water partition coefficient (Wildman–Crippen LogP) is 5.21. The molecule has 1 fully saturated rings. The molecule has 5 rings (SSSR count). The largest absolute Gasteiger partial charge is 0.473 e. The van der Waals surface area contributed by atoms with Crippen molar-refractivity contribution < 1.29 is 13.9 Å². The number of ether oxygens (including phenoxy) is 1. The minimum atomic E-state index is -0.460. The van der Waals surface area contributed by atoms with Crippen LogP contribution in [0.1, 0.15) is 77.6 Å². The molecule has 3 aromatic rings. The van der Waals surface area contributed by atoms with E-state index in [-0.39, 0.29) is 11.5 Å². The topological polar surface area (TPSA) is 105 Å². The van der Waals surface area contributed by atoms with Crippen LogP contribution in [0.15, 0.2) is 24.5 Å². The second kappa shape index (κ2) is 12.1. The van der Waals surface area contributed by atoms with E-state index in [1.807, 2.05) is 40.0 Å². The lowest BCUT2D eigenvalue weighted by molar-refractivity contribution is -0.105. The maximum absolute atomic E-state index is 13.1. The number of pyridine rings is 1. The van der Waals surface area contributed by atoms with E-state index in [4.69, 9.17) is 10.00 Å². The quantitative estimate of drug-likeness (QED) is 0.527. The third-order valence-corrected chi connectivity index (χ3v) is 5.19. The molecular weight excluding hydrogens is 435 g/mol. The smallest absolute Gasteiger partial charge is 0.235 e. The van der Waals surface area contributed by atoms with E-state index < -0.39 is 5.95 Å². The minimum absolute atomic E-state index is 0.0645. The van der Waals surface area contributed by atoms with Crippen molar-refractivity contribution in [2.45, 2.75) is 78.7 Å². The highest BCUT2D eigenvalue weighted by Gasteiger charge is 2.33. The Labute approximate surface area is 200 Å². The lowest BCUT2D eigenvalue weighted by Crippen LogP contribution is -2.17. The first kappa shape index (κ1) is 26.7. The van der Waals surface area contributed by atoms with Crippen LogP contribution in [0.3, 0.4) is 0 Å². The van der Waals surface area contributed by atoms with Gasteiger partial charge in [-0.15, -0.1) is 5.10 Å². The van der Waals surface area contributed by atoms with E-state index in [0.717, 1.165) is 31.4 Å². The number of anilines is 1. The number of nitriles is 1. The predicted molar refractivity (Wildman–Crippen MR) is 129 cm³/mol. The first-order valence-corrected chi connectivity index (χ1v) is 11.7. The third kappa shape index (κ3) is 6.28. The van der Waals surface area contributed by atoms with Gasteiger partial charge in [0.25, 0.3) is 0 Å². The van der Waals surface area contributed by atoms with E-state index in [2.05, 4.69) is 34.2 Å². The molecule has 3 heterocycles. The molecule has 0 atom stereocenters. The highest BCUT2D eigenvalue weighted by atomic mass is 19.1. The van der Waals surface area contributed by atoms with Gasteiger partial charge in [0.2, 0.25) is 18.2 Å². The Morgan fingerprint density at radius 3 is 2.53 bits per heavy atom. The molecule has 2 aliphatic carbocycles. The van der Waals surface area contributed by atoms with Crippen molar-refractivity contribution in [2.24, 2.45) is 0 Å². The second-order valence-electron chi connectivity index (χ2n) is 8.02. The van der Waals surface area contributed by atoms with Crippen LogP contribution in [0.2, 0.25) is 0 Å². The average Bonchev–Trinajstić information content (AvgIpc) is 3.50. The third-order valence-electron chi connectivity index (χ3n) is 5.19. The zero-order valence-electron chi connectivity index (χ0n) is 20.7. The normalized spacial score (nSPS) is 14.6. The number of carbonyl (C=O) groups excluding carboxylic acids is 1. The molecule has 1 amide bonds. The summed E-state index contributed by atoms with van der Waals surface area (Å²) >= 11 is 0. The van der Waals surface area contributed by atoms with Crippen molar-refractivity contribution in [3.8, 4) is 11.9 Å². The highest BCUT2D eigenvalue weighted by Crippen LogP contribution is 2.37. The van der Waals surface area contributed by atoms with Crippen LogP contribution in [-0.4, -0.2) is 32.1 Å². The maximum Gasteiger partial charge on any atom is 0.235 e. The first-order chi connectivity index (χ1) is 16.4. The molecule has 3 aromatic heterocycles. The second-order valence-corrected chi connectivity index (χ2v) is 8.02. The summed E-state index contributed by atoms with van der Waals surface area (Å²) in [6.45, 7) is 12.3. The summed E-state index contributed by atoms with van der Waals surface area (Å²) in [6.07, 6.45) is 8.17. The Balaban J connectivity index is 0.000000210. The molecule has 1 saturated carbocycles. The lowest BCUT2D eigenvalue weighted by Gasteiger charge is -2.18. The van der Waals surface area contributed by atoms with Gasteiger partial charge in [-0.1, -0.05) is 41.5 Å². The van der Waals surface area contributed by atoms with E-state index in [1.54, 1.807) is 10.6 Å². The molecule has 8 nitrogen and oxygen atoms in total. The summed E-state index contributed by atoms with van der Waals surface area (Å²) in [5, 5.41) is 15.2. The summed E-state index contributed by atoms with van der Waals surface area (Å²) in [5.74, 6) is -0.116. The number of rotatable bonds is 4. The van der Waals surface area contributed by atoms with Crippen LogP contribution >= 0.6 is 0 Å². The van der Waals surface area contributed by atoms with Crippen molar-refractivity contribution in [2.75, 3.05) is 5.32 Å². The van der Waals surface area contributed by atoms with Gasteiger partial charge in [0.05, 0.1) is 17.6 Å². The zero-order chi connectivity index (χ0) is 25.3. The molecule has 0 aromatic carbocycles. The van der Waals surface area contributed by atoms with Crippen LogP contribution in [-0.2, 0) is 16.6 Å². The number of hydrogen-bond acceptors (Lipinski definition) is 6. The summed E-state index contributed by atoms with van der Waals surface area (Å²) in [7, 11) is 0. The van der Waals surface area contributed by atoms with Crippen LogP contribution in [0.25, 0.3) is 5.65 Å². The number of hydrogen-bond donors (Lipinski definition) is 1. The van der Waals surface area contributed by atoms with Crippen LogP contribution in [0.4, 0.5) is 10.1 Å². The molecule has 1 N–H and O–H groups in total. The molecule has 2 aliphatic rings. The molecule has 0 aliphatic heterocycles. The van der Waals surface area contributed by atoms with Crippen molar-refractivity contribution in [3.05, 3.63) is 47.3 Å². The standard InChI is InChI=1S/C11H12FN3.C10H9N3O2.2C2H6/c1-11(2)4-3-7-6-13-9-5-8(12)14-15(9)10(7)11;11-4-7-3-8(13-6-14)5-12-10(7)15-9-1-2-9;2*1-2/h5-6H,3-4H2,1-2H3;3,5-6,9H,1-2H2,(H,13,14);2*1-2H3. The van der Waals surface area contributed by atoms with Gasteiger partial charge in [-0.25, -0.2) is 14.5 Å². The number of carbonyl (C=O) groups is 1. The number of nitrogens with zero attached hydrogens (tertiary/aromatic N) is 5. The van der Waals surface area contributed by atoms with Gasteiger partial charge in [-0.05, 0) is 37.3 Å². The number of halogens is 1. The number of aromatic nitrogens is 4. The van der Waals surface area contributed by atoms with Gasteiger partial charge in [-0.3, -0.25) is 4.79 Å². The number of amides is 1. The highest BCUT2D eigenvalue weighted by molar-refractivity contribution is 5.71. The van der Waals surface area contributed by atoms with Crippen molar-refractivity contribution >= 4 is 17.7 Å². The number of nitrogens with one attached hydrogen (secondary N) is 1. The number of fused-ring (bicyclic) bond motifs is 3. The molecule has 0 radical (unpaired) electrons. The molecule has 34 heavy (non-hydrogen) atoms. The van der Waals surface area contributed by atoms with Gasteiger partial charge in [0.15, 0.2) is 5.65 Å². The molecule has 9 heteroatoms. The van der Waals surface area contributed by atoms with Gasteiger partial charge in [-0.2, -0.15) is 9.65 Å². The Kier molecular flexibility index (Phi) is 9.48. The van der Waals surface area contributed by atoms with Gasteiger partial charge < -0.3 is 10.1 Å². The van der Waals surface area contributed by atoms with Crippen LogP contribution in [0, 0.1) is 17.3 Å². The Morgan fingerprint density at radius 2 is 1.91 bits per heavy atom. The molecular formula is C25H33FN6O2. The van der Waals surface area contributed by atoms with E-state index >= 15 is 0 Å². The van der Waals surface area contributed by atoms with Gasteiger partial charge in [0.1, 0.15) is 17.7 Å². The lowest BCUT2D eigenvalue weighted by atomic mass is 9.91. The molecule has 0 bridgehead atoms. The van der Waals surface area contributed by atoms with E-state index in [1.165, 1.54) is 17.8 Å². The fraction of sp³-hybridized carbons (Fsp3) is 0.480. The number of aryl methyl sites for hydroxylation is 1. The fourth-order valence-electron chi connectivity index (χ4n) is 3.53. The molecule has 0 unspecified atom stereocenters. The first-order valence-electron chi connectivity index (χ1n) is 11.7. The SMILES string of the molecule is CC.CC.CC1(C)CCc2cnc3cc(F)nn3c21.N#Cc1cc(NC=O)cnc1OC1CC1. The molecule has 182 valence electrons. The van der Waals surface area contributed by atoms with E-state index in [9.17, 15) is 9.18 Å². The van der Waals surface area contributed by atoms with Crippen LogP contribution in [0.5, 0.6) is 5.88 Å². The Hall–Kier alpha value is -3.54.